The van der Waals surface area contributed by atoms with Crippen molar-refractivity contribution < 1.29 is 23.8 Å². The summed E-state index contributed by atoms with van der Waals surface area (Å²) in [5.74, 6) is 0.688. The Bertz CT molecular complexity index is 629. The Labute approximate surface area is 125 Å². The Morgan fingerprint density at radius 3 is 2.71 bits per heavy atom. The maximum absolute atomic E-state index is 10.3. The van der Waals surface area contributed by atoms with Crippen LogP contribution in [0.5, 0.6) is 11.5 Å². The molecule has 112 valence electrons. The lowest BCUT2D eigenvalue weighted by Gasteiger charge is -2.07. The summed E-state index contributed by atoms with van der Waals surface area (Å²) >= 11 is 1.16. The zero-order chi connectivity index (χ0) is 15.2. The van der Waals surface area contributed by atoms with Crippen LogP contribution in [0, 0.1) is 0 Å². The van der Waals surface area contributed by atoms with Crippen molar-refractivity contribution in [3.63, 3.8) is 0 Å². The number of ether oxygens (including phenoxy) is 2. The summed E-state index contributed by atoms with van der Waals surface area (Å²) in [6.45, 7) is 0. The third-order valence-corrected chi connectivity index (χ3v) is 3.39. The minimum Gasteiger partial charge on any atom is -0.550 e. The van der Waals surface area contributed by atoms with Gasteiger partial charge in [-0.05, 0) is 24.6 Å². The number of nitrogens with zero attached hydrogens (tertiary/aromatic N) is 2. The number of methoxy groups -OCH3 is 2. The topological polar surface area (TPSA) is 97.5 Å². The molecule has 8 heteroatoms. The fraction of sp³-hybridized carbons (Fsp3) is 0.308. The van der Waals surface area contributed by atoms with E-state index in [9.17, 15) is 9.90 Å². The van der Waals surface area contributed by atoms with Gasteiger partial charge in [0, 0.05) is 17.3 Å². The molecular weight excluding hydrogens is 296 g/mol. The van der Waals surface area contributed by atoms with Crippen molar-refractivity contribution in [1.82, 2.24) is 10.2 Å². The van der Waals surface area contributed by atoms with E-state index in [1.54, 1.807) is 25.3 Å². The first kappa shape index (κ1) is 15.2. The molecule has 2 aromatic rings. The van der Waals surface area contributed by atoms with E-state index in [1.807, 2.05) is 0 Å². The molecule has 0 aliphatic heterocycles. The van der Waals surface area contributed by atoms with Crippen LogP contribution in [0.25, 0.3) is 11.5 Å². The van der Waals surface area contributed by atoms with Crippen molar-refractivity contribution in [1.29, 1.82) is 0 Å². The zero-order valence-corrected chi connectivity index (χ0v) is 12.3. The van der Waals surface area contributed by atoms with Gasteiger partial charge in [-0.3, -0.25) is 0 Å². The Balaban J connectivity index is 2.12. The number of carboxylic acids is 1. The van der Waals surface area contributed by atoms with Gasteiger partial charge in [0.1, 0.15) is 0 Å². The molecule has 0 aliphatic carbocycles. The highest BCUT2D eigenvalue weighted by Gasteiger charge is 2.12. The van der Waals surface area contributed by atoms with Crippen LogP contribution in [0.4, 0.5) is 0 Å². The van der Waals surface area contributed by atoms with Crippen LogP contribution in [0.15, 0.2) is 27.8 Å². The van der Waals surface area contributed by atoms with Crippen molar-refractivity contribution in [3.05, 3.63) is 18.2 Å². The lowest BCUT2D eigenvalue weighted by atomic mass is 10.2. The van der Waals surface area contributed by atoms with Crippen LogP contribution in [0.2, 0.25) is 0 Å². The molecule has 1 heterocycles. The fourth-order valence-corrected chi connectivity index (χ4v) is 2.26. The van der Waals surface area contributed by atoms with Gasteiger partial charge in [0.05, 0.1) is 14.2 Å². The summed E-state index contributed by atoms with van der Waals surface area (Å²) in [5, 5.41) is 18.4. The van der Waals surface area contributed by atoms with E-state index in [0.717, 1.165) is 11.8 Å². The van der Waals surface area contributed by atoms with Gasteiger partial charge in [-0.1, -0.05) is 11.8 Å². The number of hydrogen-bond donors (Lipinski definition) is 0. The lowest BCUT2D eigenvalue weighted by Crippen LogP contribution is -2.22. The smallest absolute Gasteiger partial charge is 0.276 e. The monoisotopic (exact) mass is 309 g/mol. The molecule has 0 saturated carbocycles. The van der Waals surface area contributed by atoms with Gasteiger partial charge in [0.15, 0.2) is 11.5 Å². The fourth-order valence-electron chi connectivity index (χ4n) is 1.58. The van der Waals surface area contributed by atoms with Crippen LogP contribution in [-0.4, -0.2) is 36.1 Å². The van der Waals surface area contributed by atoms with Crippen molar-refractivity contribution in [2.45, 2.75) is 11.6 Å². The highest BCUT2D eigenvalue weighted by atomic mass is 32.2. The molecule has 0 atom stereocenters. The molecule has 0 unspecified atom stereocenters. The molecule has 0 saturated heterocycles. The van der Waals surface area contributed by atoms with Gasteiger partial charge in [-0.15, -0.1) is 10.2 Å². The second-order valence-electron chi connectivity index (χ2n) is 3.91. The van der Waals surface area contributed by atoms with Crippen LogP contribution in [-0.2, 0) is 4.79 Å². The highest BCUT2D eigenvalue weighted by molar-refractivity contribution is 7.99. The average Bonchev–Trinajstić information content (AvgIpc) is 2.95. The molecule has 0 fully saturated rings. The molecule has 1 aromatic heterocycles. The third kappa shape index (κ3) is 3.88. The molecule has 0 aliphatic rings. The van der Waals surface area contributed by atoms with Crippen molar-refractivity contribution in [2.75, 3.05) is 20.0 Å². The van der Waals surface area contributed by atoms with E-state index in [-0.39, 0.29) is 6.42 Å². The Kier molecular flexibility index (Phi) is 5.04. The number of benzene rings is 1. The molecule has 0 radical (unpaired) electrons. The van der Waals surface area contributed by atoms with E-state index >= 15 is 0 Å². The first-order valence-electron chi connectivity index (χ1n) is 6.02. The van der Waals surface area contributed by atoms with Crippen molar-refractivity contribution >= 4 is 17.7 Å². The number of carboxylic acid groups (broad SMARTS) is 1. The number of carbonyl (C=O) groups excluding carboxylic acids is 1. The number of rotatable bonds is 7. The second kappa shape index (κ2) is 6.98. The van der Waals surface area contributed by atoms with E-state index < -0.39 is 5.97 Å². The molecule has 0 spiro atoms. The maximum Gasteiger partial charge on any atom is 0.276 e. The largest absolute Gasteiger partial charge is 0.550 e. The second-order valence-corrected chi connectivity index (χ2v) is 4.96. The minimum atomic E-state index is -1.11. The predicted molar refractivity (Wildman–Crippen MR) is 73.2 cm³/mol. The maximum atomic E-state index is 10.3. The highest BCUT2D eigenvalue weighted by Crippen LogP contribution is 2.32. The van der Waals surface area contributed by atoms with E-state index in [0.29, 0.717) is 33.9 Å². The minimum absolute atomic E-state index is 0.0707. The Hall–Kier alpha value is -2.22. The number of aromatic nitrogens is 2. The average molecular weight is 309 g/mol. The summed E-state index contributed by atoms with van der Waals surface area (Å²) in [5.41, 5.74) is 0.687. The number of thioether (sulfide) groups is 1. The SMILES string of the molecule is COc1ccc(-c2nnc(SCCC(=O)[O-])o2)cc1OC. The molecule has 0 amide bonds. The molecule has 2 rings (SSSR count). The van der Waals surface area contributed by atoms with Crippen LogP contribution in [0.3, 0.4) is 0 Å². The summed E-state index contributed by atoms with van der Waals surface area (Å²) < 4.78 is 15.8. The van der Waals surface area contributed by atoms with Crippen molar-refractivity contribution in [3.8, 4) is 23.0 Å². The zero-order valence-electron chi connectivity index (χ0n) is 11.5. The third-order valence-electron chi connectivity index (χ3n) is 2.57. The molecule has 21 heavy (non-hydrogen) atoms. The first-order valence-corrected chi connectivity index (χ1v) is 7.01. The van der Waals surface area contributed by atoms with Gasteiger partial charge in [0.25, 0.3) is 5.22 Å². The lowest BCUT2D eigenvalue weighted by molar-refractivity contribution is -0.305. The van der Waals surface area contributed by atoms with Gasteiger partial charge < -0.3 is 23.8 Å². The van der Waals surface area contributed by atoms with Gasteiger partial charge in [-0.25, -0.2) is 0 Å². The number of hydrogen-bond acceptors (Lipinski definition) is 8. The number of aliphatic carboxylic acids is 1. The summed E-state index contributed by atoms with van der Waals surface area (Å²) in [7, 11) is 3.09. The standard InChI is InChI=1S/C13H14N2O5S/c1-18-9-4-3-8(7-10(9)19-2)12-14-15-13(20-12)21-6-5-11(16)17/h3-4,7H,5-6H2,1-2H3,(H,16,17)/p-1. The van der Waals surface area contributed by atoms with Gasteiger partial charge >= 0.3 is 0 Å². The summed E-state index contributed by atoms with van der Waals surface area (Å²) in [4.78, 5) is 10.3. The van der Waals surface area contributed by atoms with Gasteiger partial charge in [0.2, 0.25) is 5.89 Å². The first-order chi connectivity index (χ1) is 10.1. The Morgan fingerprint density at radius 2 is 2.05 bits per heavy atom. The summed E-state index contributed by atoms with van der Waals surface area (Å²) in [6, 6.07) is 5.23. The van der Waals surface area contributed by atoms with E-state index in [2.05, 4.69) is 10.2 Å². The van der Waals surface area contributed by atoms with E-state index in [4.69, 9.17) is 13.9 Å². The van der Waals surface area contributed by atoms with Crippen molar-refractivity contribution in [2.24, 2.45) is 0 Å². The molecule has 0 N–H and O–H groups in total. The van der Waals surface area contributed by atoms with E-state index in [1.165, 1.54) is 7.11 Å². The molecule has 7 nitrogen and oxygen atoms in total. The quantitative estimate of drug-likeness (QED) is 0.698. The van der Waals surface area contributed by atoms with Crippen LogP contribution < -0.4 is 14.6 Å². The number of carbonyl (C=O) groups is 1. The Morgan fingerprint density at radius 1 is 1.29 bits per heavy atom. The van der Waals surface area contributed by atoms with Gasteiger partial charge in [-0.2, -0.15) is 0 Å². The predicted octanol–water partition coefficient (Wildman–Crippen LogP) is 0.986. The van der Waals surface area contributed by atoms with Crippen LogP contribution in [0.1, 0.15) is 6.42 Å². The van der Waals surface area contributed by atoms with Crippen LogP contribution >= 0.6 is 11.8 Å². The molecule has 0 bridgehead atoms. The molecular formula is C13H13N2O5S-. The molecule has 1 aromatic carbocycles. The normalized spacial score (nSPS) is 10.4. The summed E-state index contributed by atoms with van der Waals surface area (Å²) in [6.07, 6.45) is -0.0707.